The van der Waals surface area contributed by atoms with Crippen LogP contribution in [0.15, 0.2) is 29.3 Å². The predicted molar refractivity (Wildman–Crippen MR) is 78.1 cm³/mol. The first-order chi connectivity index (χ1) is 9.41. The molecule has 0 atom stereocenters. The number of nitro benzene ring substituents is 1. The maximum absolute atomic E-state index is 13.9. The first-order valence-electron chi connectivity index (χ1n) is 5.55. The maximum atomic E-state index is 13.9. The lowest BCUT2D eigenvalue weighted by molar-refractivity contribution is -0.387. The Kier molecular flexibility index (Phi) is 4.12. The molecule has 0 saturated heterocycles. The molecular weight excluding hydrogens is 380 g/mol. The molecule has 0 aliphatic heterocycles. The Morgan fingerprint density at radius 3 is 2.85 bits per heavy atom. The van der Waals surface area contributed by atoms with Crippen molar-refractivity contribution in [3.05, 3.63) is 65.6 Å². The van der Waals surface area contributed by atoms with Gasteiger partial charge >= 0.3 is 5.69 Å². The van der Waals surface area contributed by atoms with Gasteiger partial charge in [0.15, 0.2) is 0 Å². The van der Waals surface area contributed by atoms with Crippen molar-refractivity contribution in [2.45, 2.75) is 13.5 Å². The van der Waals surface area contributed by atoms with Crippen LogP contribution in [0.25, 0.3) is 0 Å². The number of halogens is 2. The normalized spacial score (nSPS) is 10.6. The second kappa shape index (κ2) is 5.65. The molecule has 1 heterocycles. The van der Waals surface area contributed by atoms with Gasteiger partial charge < -0.3 is 0 Å². The molecule has 104 valence electrons. The summed E-state index contributed by atoms with van der Waals surface area (Å²) < 4.78 is 15.6. The van der Waals surface area contributed by atoms with Crippen molar-refractivity contribution in [1.29, 1.82) is 0 Å². The fourth-order valence-corrected chi connectivity index (χ4v) is 2.12. The van der Waals surface area contributed by atoms with E-state index in [9.17, 15) is 19.3 Å². The highest BCUT2D eigenvalue weighted by Crippen LogP contribution is 2.20. The predicted octanol–water partition coefficient (Wildman–Crippen LogP) is 2.25. The van der Waals surface area contributed by atoms with Crippen molar-refractivity contribution >= 4 is 28.3 Å². The molecule has 0 aliphatic carbocycles. The van der Waals surface area contributed by atoms with Crippen LogP contribution in [-0.2, 0) is 6.54 Å². The van der Waals surface area contributed by atoms with E-state index >= 15 is 0 Å². The van der Waals surface area contributed by atoms with Gasteiger partial charge in [0.05, 0.1) is 27.1 Å². The Morgan fingerprint density at radius 2 is 2.20 bits per heavy atom. The first kappa shape index (κ1) is 14.6. The number of nitro groups is 1. The minimum Gasteiger partial charge on any atom is -0.294 e. The molecule has 0 spiro atoms. The topological polar surface area (TPSA) is 78.0 Å². The van der Waals surface area contributed by atoms with Crippen LogP contribution in [0.2, 0.25) is 0 Å². The van der Waals surface area contributed by atoms with Crippen LogP contribution < -0.4 is 5.56 Å². The molecule has 20 heavy (non-hydrogen) atoms. The molecular formula is C12H9FIN3O3. The number of benzene rings is 1. The summed E-state index contributed by atoms with van der Waals surface area (Å²) in [5.41, 5.74) is -0.247. The average Bonchev–Trinajstić information content (AvgIpc) is 2.41. The summed E-state index contributed by atoms with van der Waals surface area (Å²) in [4.78, 5) is 25.9. The molecule has 0 N–H and O–H groups in total. The minimum absolute atomic E-state index is 0.0720. The van der Waals surface area contributed by atoms with Crippen LogP contribution in [0.1, 0.15) is 11.3 Å². The first-order valence-corrected chi connectivity index (χ1v) is 6.63. The largest absolute Gasteiger partial charge is 0.305 e. The van der Waals surface area contributed by atoms with Crippen LogP contribution >= 0.6 is 22.6 Å². The van der Waals surface area contributed by atoms with Gasteiger partial charge in [-0.05, 0) is 29.5 Å². The molecule has 0 fully saturated rings. The van der Waals surface area contributed by atoms with Gasteiger partial charge in [-0.2, -0.15) is 4.39 Å². The van der Waals surface area contributed by atoms with Crippen molar-refractivity contribution in [2.24, 2.45) is 0 Å². The monoisotopic (exact) mass is 389 g/mol. The Morgan fingerprint density at radius 1 is 1.50 bits per heavy atom. The third kappa shape index (κ3) is 2.69. The van der Waals surface area contributed by atoms with E-state index in [0.29, 0.717) is 9.26 Å². The number of aromatic nitrogens is 2. The molecule has 2 aromatic rings. The van der Waals surface area contributed by atoms with E-state index in [-0.39, 0.29) is 17.7 Å². The highest BCUT2D eigenvalue weighted by molar-refractivity contribution is 14.1. The van der Waals surface area contributed by atoms with E-state index in [2.05, 4.69) is 4.98 Å². The molecule has 6 nitrogen and oxygen atoms in total. The molecule has 0 amide bonds. The highest BCUT2D eigenvalue weighted by atomic mass is 127. The van der Waals surface area contributed by atoms with Gasteiger partial charge in [-0.1, -0.05) is 12.1 Å². The van der Waals surface area contributed by atoms with Gasteiger partial charge in [-0.3, -0.25) is 19.5 Å². The summed E-state index contributed by atoms with van der Waals surface area (Å²) in [7, 11) is 0. The molecule has 0 aliphatic rings. The molecule has 2 rings (SSSR count). The number of hydrogen-bond donors (Lipinski definition) is 0. The summed E-state index contributed by atoms with van der Waals surface area (Å²) in [5, 5.41) is 10.7. The Labute approximate surface area is 126 Å². The quantitative estimate of drug-likeness (QED) is 0.459. The number of nitrogens with zero attached hydrogens (tertiary/aromatic N) is 3. The van der Waals surface area contributed by atoms with E-state index in [0.717, 1.165) is 6.07 Å². The van der Waals surface area contributed by atoms with Crippen LogP contribution in [-0.4, -0.2) is 14.5 Å². The molecule has 0 saturated carbocycles. The van der Waals surface area contributed by atoms with Crippen molar-refractivity contribution in [1.82, 2.24) is 9.55 Å². The SMILES string of the molecule is Cc1ncn(Cc2cccc([N+](=O)[O-])c2F)c(=O)c1I. The van der Waals surface area contributed by atoms with Gasteiger partial charge in [0.1, 0.15) is 0 Å². The van der Waals surface area contributed by atoms with E-state index in [1.807, 2.05) is 22.6 Å². The molecule has 0 unspecified atom stereocenters. The zero-order valence-corrected chi connectivity index (χ0v) is 12.5. The van der Waals surface area contributed by atoms with Gasteiger partial charge in [0, 0.05) is 11.6 Å². The molecule has 0 bridgehead atoms. The van der Waals surface area contributed by atoms with Crippen molar-refractivity contribution in [2.75, 3.05) is 0 Å². The van der Waals surface area contributed by atoms with E-state index in [1.54, 1.807) is 6.92 Å². The lowest BCUT2D eigenvalue weighted by atomic mass is 10.2. The summed E-state index contributed by atoms with van der Waals surface area (Å²) >= 11 is 1.87. The third-order valence-electron chi connectivity index (χ3n) is 2.75. The fraction of sp³-hybridized carbons (Fsp3) is 0.167. The summed E-state index contributed by atoms with van der Waals surface area (Å²) in [6.07, 6.45) is 1.30. The lowest BCUT2D eigenvalue weighted by Crippen LogP contribution is -2.25. The van der Waals surface area contributed by atoms with E-state index in [4.69, 9.17) is 0 Å². The highest BCUT2D eigenvalue weighted by Gasteiger charge is 2.18. The van der Waals surface area contributed by atoms with E-state index < -0.39 is 16.4 Å². The van der Waals surface area contributed by atoms with Crippen molar-refractivity contribution < 1.29 is 9.31 Å². The standard InChI is InChI=1S/C12H9FIN3O3/c1-7-11(14)12(18)16(6-15-7)5-8-3-2-4-9(10(8)13)17(19)20/h2-4,6H,5H2,1H3. The van der Waals surface area contributed by atoms with Gasteiger partial charge in [0.2, 0.25) is 5.82 Å². The number of rotatable bonds is 3. The van der Waals surface area contributed by atoms with E-state index in [1.165, 1.54) is 23.0 Å². The van der Waals surface area contributed by atoms with Gasteiger partial charge in [-0.15, -0.1) is 0 Å². The number of hydrogen-bond acceptors (Lipinski definition) is 4. The Bertz CT molecular complexity index is 745. The average molecular weight is 389 g/mol. The molecule has 8 heteroatoms. The maximum Gasteiger partial charge on any atom is 0.305 e. The van der Waals surface area contributed by atoms with Crippen LogP contribution in [0.5, 0.6) is 0 Å². The third-order valence-corrected chi connectivity index (χ3v) is 3.99. The summed E-state index contributed by atoms with van der Waals surface area (Å²) in [6, 6.07) is 3.87. The summed E-state index contributed by atoms with van der Waals surface area (Å²) in [6.45, 7) is 1.59. The molecule has 1 aromatic heterocycles. The second-order valence-corrected chi connectivity index (χ2v) is 5.16. The zero-order chi connectivity index (χ0) is 14.9. The minimum atomic E-state index is -0.931. The van der Waals surface area contributed by atoms with Gasteiger partial charge in [0.25, 0.3) is 5.56 Å². The smallest absolute Gasteiger partial charge is 0.294 e. The Hall–Kier alpha value is -1.84. The van der Waals surface area contributed by atoms with Crippen LogP contribution in [0.3, 0.4) is 0 Å². The molecule has 0 radical (unpaired) electrons. The van der Waals surface area contributed by atoms with Crippen LogP contribution in [0, 0.1) is 26.4 Å². The fourth-order valence-electron chi connectivity index (χ4n) is 1.67. The lowest BCUT2D eigenvalue weighted by Gasteiger charge is -2.08. The van der Waals surface area contributed by atoms with Crippen molar-refractivity contribution in [3.8, 4) is 0 Å². The second-order valence-electron chi connectivity index (χ2n) is 4.08. The van der Waals surface area contributed by atoms with Crippen molar-refractivity contribution in [3.63, 3.8) is 0 Å². The number of aryl methyl sites for hydroxylation is 1. The Balaban J connectivity index is 2.46. The zero-order valence-electron chi connectivity index (χ0n) is 10.3. The van der Waals surface area contributed by atoms with Crippen LogP contribution in [0.4, 0.5) is 10.1 Å². The van der Waals surface area contributed by atoms with Gasteiger partial charge in [-0.25, -0.2) is 4.98 Å². The summed E-state index contributed by atoms with van der Waals surface area (Å²) in [5.74, 6) is -0.931. The molecule has 1 aromatic carbocycles.